The second-order valence-corrected chi connectivity index (χ2v) is 3.83. The first-order chi connectivity index (χ1) is 6.29. The van der Waals surface area contributed by atoms with E-state index in [4.69, 9.17) is 0 Å². The van der Waals surface area contributed by atoms with Gasteiger partial charge in [0.25, 0.3) is 0 Å². The topological polar surface area (TPSA) is 12.0 Å². The number of para-hydroxylation sites is 1. The second kappa shape index (κ2) is 5.63. The number of hydrogen-bond acceptors (Lipinski definition) is 1. The van der Waals surface area contributed by atoms with Crippen molar-refractivity contribution in [3.05, 3.63) is 30.3 Å². The minimum Gasteiger partial charge on any atom is -0.385 e. The van der Waals surface area contributed by atoms with Crippen molar-refractivity contribution in [3.63, 3.8) is 0 Å². The first-order valence-electron chi connectivity index (χ1n) is 5.08. The zero-order chi connectivity index (χ0) is 9.52. The molecule has 0 heterocycles. The number of anilines is 1. The highest BCUT2D eigenvalue weighted by Crippen LogP contribution is 2.07. The van der Waals surface area contributed by atoms with Crippen LogP contribution in [0.1, 0.15) is 26.7 Å². The maximum atomic E-state index is 3.40. The lowest BCUT2D eigenvalue weighted by atomic mass is 10.1. The quantitative estimate of drug-likeness (QED) is 0.678. The summed E-state index contributed by atoms with van der Waals surface area (Å²) in [4.78, 5) is 0. The van der Waals surface area contributed by atoms with Gasteiger partial charge in [-0.05, 0) is 30.9 Å². The van der Waals surface area contributed by atoms with E-state index in [2.05, 4.69) is 43.4 Å². The predicted molar refractivity (Wildman–Crippen MR) is 59.0 cm³/mol. The lowest BCUT2D eigenvalue weighted by Crippen LogP contribution is -2.02. The molecule has 1 heteroatoms. The van der Waals surface area contributed by atoms with E-state index in [1.165, 1.54) is 18.5 Å². The van der Waals surface area contributed by atoms with Crippen LogP contribution in [0.2, 0.25) is 0 Å². The van der Waals surface area contributed by atoms with E-state index in [-0.39, 0.29) is 0 Å². The van der Waals surface area contributed by atoms with E-state index < -0.39 is 0 Å². The molecule has 0 aliphatic carbocycles. The van der Waals surface area contributed by atoms with E-state index >= 15 is 0 Å². The molecule has 1 aromatic carbocycles. The van der Waals surface area contributed by atoms with Crippen LogP contribution in [0.4, 0.5) is 5.69 Å². The zero-order valence-electron chi connectivity index (χ0n) is 8.59. The van der Waals surface area contributed by atoms with Gasteiger partial charge >= 0.3 is 0 Å². The van der Waals surface area contributed by atoms with Crippen molar-refractivity contribution in [2.45, 2.75) is 26.7 Å². The minimum absolute atomic E-state index is 0.817. The van der Waals surface area contributed by atoms with Crippen molar-refractivity contribution in [3.8, 4) is 0 Å². The lowest BCUT2D eigenvalue weighted by Gasteiger charge is -2.07. The average molecular weight is 177 g/mol. The van der Waals surface area contributed by atoms with E-state index in [9.17, 15) is 0 Å². The summed E-state index contributed by atoms with van der Waals surface area (Å²) in [6.07, 6.45) is 2.56. The summed E-state index contributed by atoms with van der Waals surface area (Å²) in [6.45, 7) is 5.62. The Kier molecular flexibility index (Phi) is 4.37. The molecule has 1 rings (SSSR count). The molecule has 1 nitrogen and oxygen atoms in total. The van der Waals surface area contributed by atoms with Gasteiger partial charge in [0.15, 0.2) is 0 Å². The molecule has 0 aromatic heterocycles. The Morgan fingerprint density at radius 2 is 1.85 bits per heavy atom. The first-order valence-corrected chi connectivity index (χ1v) is 5.08. The van der Waals surface area contributed by atoms with Gasteiger partial charge in [0.1, 0.15) is 0 Å². The summed E-state index contributed by atoms with van der Waals surface area (Å²) < 4.78 is 0. The van der Waals surface area contributed by atoms with Gasteiger partial charge in [-0.1, -0.05) is 32.0 Å². The second-order valence-electron chi connectivity index (χ2n) is 3.83. The summed E-state index contributed by atoms with van der Waals surface area (Å²) in [5.41, 5.74) is 1.23. The normalized spacial score (nSPS) is 10.4. The van der Waals surface area contributed by atoms with Gasteiger partial charge in [-0.15, -0.1) is 0 Å². The highest BCUT2D eigenvalue weighted by molar-refractivity contribution is 5.42. The van der Waals surface area contributed by atoms with Crippen LogP contribution in [-0.2, 0) is 0 Å². The first kappa shape index (κ1) is 10.1. The van der Waals surface area contributed by atoms with Crippen LogP contribution in [0.3, 0.4) is 0 Å². The highest BCUT2D eigenvalue weighted by atomic mass is 14.9. The molecule has 0 fully saturated rings. The molecule has 0 unspecified atom stereocenters. The molecular formula is C12H19N. The minimum atomic E-state index is 0.817. The fraction of sp³-hybridized carbons (Fsp3) is 0.500. The fourth-order valence-corrected chi connectivity index (χ4v) is 1.30. The molecule has 0 spiro atoms. The molecule has 0 aliphatic heterocycles. The molecule has 0 saturated carbocycles. The number of rotatable bonds is 5. The van der Waals surface area contributed by atoms with Crippen LogP contribution in [0, 0.1) is 5.92 Å². The van der Waals surface area contributed by atoms with Crippen molar-refractivity contribution in [2.24, 2.45) is 5.92 Å². The summed E-state index contributed by atoms with van der Waals surface area (Å²) in [5.74, 6) is 0.817. The molecule has 72 valence electrons. The Labute approximate surface area is 81.2 Å². The molecule has 0 atom stereocenters. The van der Waals surface area contributed by atoms with Crippen LogP contribution in [0.25, 0.3) is 0 Å². The monoisotopic (exact) mass is 177 g/mol. The van der Waals surface area contributed by atoms with Gasteiger partial charge in [-0.3, -0.25) is 0 Å². The van der Waals surface area contributed by atoms with Gasteiger partial charge < -0.3 is 5.32 Å². The molecule has 1 aromatic rings. The van der Waals surface area contributed by atoms with Crippen molar-refractivity contribution in [2.75, 3.05) is 11.9 Å². The summed E-state index contributed by atoms with van der Waals surface area (Å²) >= 11 is 0. The maximum Gasteiger partial charge on any atom is 0.0340 e. The Hall–Kier alpha value is -0.980. The maximum absolute atomic E-state index is 3.40. The van der Waals surface area contributed by atoms with Crippen LogP contribution < -0.4 is 5.32 Å². The highest BCUT2D eigenvalue weighted by Gasteiger charge is 1.93. The van der Waals surface area contributed by atoms with Gasteiger partial charge in [0.05, 0.1) is 0 Å². The molecule has 0 bridgehead atoms. The molecule has 0 aliphatic rings. The molecule has 13 heavy (non-hydrogen) atoms. The number of nitrogens with one attached hydrogen (secondary N) is 1. The van der Waals surface area contributed by atoms with Gasteiger partial charge in [-0.2, -0.15) is 0 Å². The molecular weight excluding hydrogens is 158 g/mol. The molecule has 0 radical (unpaired) electrons. The van der Waals surface area contributed by atoms with Crippen molar-refractivity contribution in [1.29, 1.82) is 0 Å². The van der Waals surface area contributed by atoms with Gasteiger partial charge in [-0.25, -0.2) is 0 Å². The Bertz CT molecular complexity index is 216. The largest absolute Gasteiger partial charge is 0.385 e. The van der Waals surface area contributed by atoms with Crippen LogP contribution in [0.15, 0.2) is 30.3 Å². The lowest BCUT2D eigenvalue weighted by molar-refractivity contribution is 0.567. The predicted octanol–water partition coefficient (Wildman–Crippen LogP) is 3.53. The van der Waals surface area contributed by atoms with E-state index in [0.717, 1.165) is 12.5 Å². The van der Waals surface area contributed by atoms with Gasteiger partial charge in [0.2, 0.25) is 0 Å². The molecule has 0 amide bonds. The zero-order valence-corrected chi connectivity index (χ0v) is 8.59. The Morgan fingerprint density at radius 3 is 2.46 bits per heavy atom. The van der Waals surface area contributed by atoms with Crippen molar-refractivity contribution >= 4 is 5.69 Å². The third-order valence-electron chi connectivity index (χ3n) is 2.06. The van der Waals surface area contributed by atoms with E-state index in [1.54, 1.807) is 0 Å². The van der Waals surface area contributed by atoms with E-state index in [1.807, 2.05) is 6.07 Å². The summed E-state index contributed by atoms with van der Waals surface area (Å²) in [7, 11) is 0. The van der Waals surface area contributed by atoms with Crippen LogP contribution in [-0.4, -0.2) is 6.54 Å². The van der Waals surface area contributed by atoms with Crippen LogP contribution >= 0.6 is 0 Å². The number of hydrogen-bond donors (Lipinski definition) is 1. The fourth-order valence-electron chi connectivity index (χ4n) is 1.30. The van der Waals surface area contributed by atoms with E-state index in [0.29, 0.717) is 0 Å². The SMILES string of the molecule is CC(C)CCCNc1ccccc1. The van der Waals surface area contributed by atoms with Gasteiger partial charge in [0, 0.05) is 12.2 Å². The van der Waals surface area contributed by atoms with Crippen molar-refractivity contribution in [1.82, 2.24) is 0 Å². The summed E-state index contributed by atoms with van der Waals surface area (Å²) in [5, 5.41) is 3.40. The number of benzene rings is 1. The Balaban J connectivity index is 2.13. The standard InChI is InChI=1S/C12H19N/c1-11(2)7-6-10-13-12-8-4-3-5-9-12/h3-5,8-9,11,13H,6-7,10H2,1-2H3. The van der Waals surface area contributed by atoms with Crippen molar-refractivity contribution < 1.29 is 0 Å². The molecule has 1 N–H and O–H groups in total. The summed E-state index contributed by atoms with van der Waals surface area (Å²) in [6, 6.07) is 10.4. The Morgan fingerprint density at radius 1 is 1.15 bits per heavy atom. The smallest absolute Gasteiger partial charge is 0.0340 e. The average Bonchev–Trinajstić information content (AvgIpc) is 2.14. The molecule has 0 saturated heterocycles. The third kappa shape index (κ3) is 4.56. The van der Waals surface area contributed by atoms with Crippen LogP contribution in [0.5, 0.6) is 0 Å². The third-order valence-corrected chi connectivity index (χ3v) is 2.06.